The van der Waals surface area contributed by atoms with Crippen LogP contribution in [0.1, 0.15) is 39.5 Å². The molecule has 0 radical (unpaired) electrons. The lowest BCUT2D eigenvalue weighted by Crippen LogP contribution is -2.41. The van der Waals surface area contributed by atoms with E-state index in [9.17, 15) is 9.59 Å². The number of benzene rings is 2. The topological polar surface area (TPSA) is 65.1 Å². The fraction of sp³-hybridized carbons (Fsp3) is 0.333. The molecule has 2 aromatic carbocycles. The lowest BCUT2D eigenvalue weighted by atomic mass is 9.93. The zero-order valence-electron chi connectivity index (χ0n) is 15.1. The quantitative estimate of drug-likeness (QED) is 0.760. The van der Waals surface area contributed by atoms with Crippen LogP contribution in [0, 0.1) is 5.41 Å². The number of ether oxygens (including phenoxy) is 3. The lowest BCUT2D eigenvalue weighted by Gasteiger charge is -2.37. The van der Waals surface area contributed by atoms with Crippen molar-refractivity contribution < 1.29 is 23.8 Å². The van der Waals surface area contributed by atoms with Crippen LogP contribution < -0.4 is 0 Å². The molecule has 0 aromatic heterocycles. The minimum absolute atomic E-state index is 0.0793. The highest BCUT2D eigenvalue weighted by Crippen LogP contribution is 2.32. The molecule has 2 aromatic rings. The number of hydrogen-bond acceptors (Lipinski definition) is 5. The molecule has 4 rings (SSSR count). The first-order valence-corrected chi connectivity index (χ1v) is 8.89. The van der Waals surface area contributed by atoms with Crippen LogP contribution in [0.2, 0.25) is 0 Å². The van der Waals surface area contributed by atoms with E-state index >= 15 is 0 Å². The number of carbonyl (C=O) groups excluding carboxylic acids is 2. The first kappa shape index (κ1) is 17.9. The van der Waals surface area contributed by atoms with Gasteiger partial charge in [0.25, 0.3) is 11.8 Å². The van der Waals surface area contributed by atoms with E-state index in [1.807, 2.05) is 37.3 Å². The monoisotopic (exact) mass is 367 g/mol. The van der Waals surface area contributed by atoms with E-state index in [-0.39, 0.29) is 30.3 Å². The highest BCUT2D eigenvalue weighted by atomic mass is 16.7. The summed E-state index contributed by atoms with van der Waals surface area (Å²) in [6, 6.07) is 16.6. The van der Waals surface area contributed by atoms with E-state index in [1.54, 1.807) is 24.3 Å². The van der Waals surface area contributed by atoms with Gasteiger partial charge in [0.15, 0.2) is 6.29 Å². The Kier molecular flexibility index (Phi) is 4.78. The maximum Gasteiger partial charge on any atom is 0.263 e. The molecule has 0 spiro atoms. The van der Waals surface area contributed by atoms with Gasteiger partial charge in [0.1, 0.15) is 6.73 Å². The SMILES string of the molecule is CC1(COCN2C(=O)c3ccccc3C2=O)COC(c2ccccc2)OC1. The Morgan fingerprint density at radius 3 is 2.11 bits per heavy atom. The average molecular weight is 367 g/mol. The van der Waals surface area contributed by atoms with Crippen molar-refractivity contribution in [2.75, 3.05) is 26.6 Å². The van der Waals surface area contributed by atoms with Gasteiger partial charge in [-0.3, -0.25) is 9.59 Å². The minimum Gasteiger partial charge on any atom is -0.360 e. The van der Waals surface area contributed by atoms with Gasteiger partial charge in [0, 0.05) is 11.0 Å². The predicted molar refractivity (Wildman–Crippen MR) is 97.0 cm³/mol. The van der Waals surface area contributed by atoms with Gasteiger partial charge in [0.05, 0.1) is 30.9 Å². The van der Waals surface area contributed by atoms with Crippen molar-refractivity contribution in [3.63, 3.8) is 0 Å². The van der Waals surface area contributed by atoms with E-state index in [2.05, 4.69) is 0 Å². The second kappa shape index (κ2) is 7.23. The predicted octanol–water partition coefficient (Wildman–Crippen LogP) is 3.01. The molecule has 0 atom stereocenters. The lowest BCUT2D eigenvalue weighted by molar-refractivity contribution is -0.240. The average Bonchev–Trinajstić information content (AvgIpc) is 2.94. The van der Waals surface area contributed by atoms with Gasteiger partial charge >= 0.3 is 0 Å². The molecule has 2 aliphatic rings. The molecule has 6 heteroatoms. The maximum absolute atomic E-state index is 12.3. The summed E-state index contributed by atoms with van der Waals surface area (Å²) in [6.45, 7) is 3.17. The molecule has 1 fully saturated rings. The van der Waals surface area contributed by atoms with Gasteiger partial charge in [-0.05, 0) is 12.1 Å². The van der Waals surface area contributed by atoms with Crippen molar-refractivity contribution in [2.45, 2.75) is 13.2 Å². The van der Waals surface area contributed by atoms with Crippen LogP contribution in [-0.4, -0.2) is 43.3 Å². The molecule has 0 N–H and O–H groups in total. The fourth-order valence-corrected chi connectivity index (χ4v) is 3.27. The van der Waals surface area contributed by atoms with Crippen LogP contribution in [0.3, 0.4) is 0 Å². The van der Waals surface area contributed by atoms with Gasteiger partial charge in [-0.1, -0.05) is 49.4 Å². The number of fused-ring (bicyclic) bond motifs is 1. The van der Waals surface area contributed by atoms with Gasteiger partial charge in [-0.2, -0.15) is 0 Å². The molecule has 1 saturated heterocycles. The first-order valence-electron chi connectivity index (χ1n) is 8.89. The molecular weight excluding hydrogens is 346 g/mol. The molecule has 2 amide bonds. The third-order valence-electron chi connectivity index (χ3n) is 4.79. The Morgan fingerprint density at radius 1 is 0.963 bits per heavy atom. The van der Waals surface area contributed by atoms with E-state index in [4.69, 9.17) is 14.2 Å². The Bertz CT molecular complexity index is 808. The second-order valence-electron chi connectivity index (χ2n) is 7.24. The standard InChI is InChI=1S/C21H21NO5/c1-21(12-26-20(27-13-21)15-7-3-2-4-8-15)11-25-14-22-18(23)16-9-5-6-10-17(16)19(22)24/h2-10,20H,11-14H2,1H3. The van der Waals surface area contributed by atoms with Crippen LogP contribution in [-0.2, 0) is 14.2 Å². The zero-order valence-corrected chi connectivity index (χ0v) is 15.1. The summed E-state index contributed by atoms with van der Waals surface area (Å²) in [6.07, 6.45) is -0.379. The van der Waals surface area contributed by atoms with Crippen LogP contribution in [0.25, 0.3) is 0 Å². The van der Waals surface area contributed by atoms with Gasteiger partial charge < -0.3 is 14.2 Å². The molecule has 2 heterocycles. The van der Waals surface area contributed by atoms with E-state index in [1.165, 1.54) is 0 Å². The molecule has 0 bridgehead atoms. The highest BCUT2D eigenvalue weighted by molar-refractivity contribution is 6.21. The number of amides is 2. The zero-order chi connectivity index (χ0) is 18.9. The largest absolute Gasteiger partial charge is 0.360 e. The van der Waals surface area contributed by atoms with Gasteiger partial charge in [0.2, 0.25) is 0 Å². The summed E-state index contributed by atoms with van der Waals surface area (Å²) in [5.74, 6) is -0.637. The summed E-state index contributed by atoms with van der Waals surface area (Å²) < 4.78 is 17.4. The molecule has 140 valence electrons. The van der Waals surface area contributed by atoms with Crippen molar-refractivity contribution in [3.05, 3.63) is 71.3 Å². The summed E-state index contributed by atoms with van der Waals surface area (Å²) >= 11 is 0. The van der Waals surface area contributed by atoms with Crippen molar-refractivity contribution >= 4 is 11.8 Å². The fourth-order valence-electron chi connectivity index (χ4n) is 3.27. The second-order valence-corrected chi connectivity index (χ2v) is 7.24. The third-order valence-corrected chi connectivity index (χ3v) is 4.79. The van der Waals surface area contributed by atoms with E-state index in [0.717, 1.165) is 10.5 Å². The van der Waals surface area contributed by atoms with Crippen LogP contribution in [0.4, 0.5) is 0 Å². The number of hydrogen-bond donors (Lipinski definition) is 0. The highest BCUT2D eigenvalue weighted by Gasteiger charge is 2.37. The number of carbonyl (C=O) groups is 2. The molecular formula is C21H21NO5. The normalized spacial score (nSPS) is 24.9. The van der Waals surface area contributed by atoms with Crippen molar-refractivity contribution in [1.82, 2.24) is 4.90 Å². The summed E-state index contributed by atoms with van der Waals surface area (Å²) in [7, 11) is 0. The third kappa shape index (κ3) is 3.51. The van der Waals surface area contributed by atoms with Gasteiger partial charge in [-0.25, -0.2) is 4.90 Å². The number of imide groups is 1. The van der Waals surface area contributed by atoms with E-state index < -0.39 is 0 Å². The number of rotatable bonds is 5. The Balaban J connectivity index is 1.30. The molecule has 0 saturated carbocycles. The maximum atomic E-state index is 12.3. The number of nitrogens with zero attached hydrogens (tertiary/aromatic N) is 1. The van der Waals surface area contributed by atoms with Crippen molar-refractivity contribution in [1.29, 1.82) is 0 Å². The summed E-state index contributed by atoms with van der Waals surface area (Å²) in [5, 5.41) is 0. The first-order chi connectivity index (χ1) is 13.1. The summed E-state index contributed by atoms with van der Waals surface area (Å²) in [5.41, 5.74) is 1.48. The van der Waals surface area contributed by atoms with Crippen LogP contribution in [0.15, 0.2) is 54.6 Å². The Morgan fingerprint density at radius 2 is 1.52 bits per heavy atom. The smallest absolute Gasteiger partial charge is 0.263 e. The van der Waals surface area contributed by atoms with Crippen LogP contribution in [0.5, 0.6) is 0 Å². The Labute approximate surface area is 157 Å². The molecule has 0 unspecified atom stereocenters. The van der Waals surface area contributed by atoms with Gasteiger partial charge in [-0.15, -0.1) is 0 Å². The molecule has 6 nitrogen and oxygen atoms in total. The Hall–Kier alpha value is -2.54. The van der Waals surface area contributed by atoms with Crippen molar-refractivity contribution in [3.8, 4) is 0 Å². The van der Waals surface area contributed by atoms with Crippen LogP contribution >= 0.6 is 0 Å². The molecule has 0 aliphatic carbocycles. The minimum atomic E-state index is -0.379. The molecule has 2 aliphatic heterocycles. The van der Waals surface area contributed by atoms with Crippen molar-refractivity contribution in [2.24, 2.45) is 5.41 Å². The van der Waals surface area contributed by atoms with E-state index in [0.29, 0.717) is 30.9 Å². The summed E-state index contributed by atoms with van der Waals surface area (Å²) in [4.78, 5) is 25.8. The molecule has 27 heavy (non-hydrogen) atoms.